The molecule has 2 rings (SSSR count). The fraction of sp³-hybridized carbons (Fsp3) is 0. The van der Waals surface area contributed by atoms with Crippen molar-refractivity contribution in [3.63, 3.8) is 0 Å². The second-order valence-electron chi connectivity index (χ2n) is 3.51. The van der Waals surface area contributed by atoms with Crippen LogP contribution in [-0.4, -0.2) is 21.9 Å². The molecule has 0 amide bonds. The van der Waals surface area contributed by atoms with Crippen molar-refractivity contribution in [3.8, 4) is 0 Å². The smallest absolute Gasteiger partial charge is 0.545 e. The first-order chi connectivity index (χ1) is 9.56. The van der Waals surface area contributed by atoms with Crippen LogP contribution in [-0.2, 0) is 0 Å². The molecule has 0 spiro atoms. The van der Waals surface area contributed by atoms with E-state index in [1.807, 2.05) is 0 Å². The second kappa shape index (κ2) is 11.7. The third kappa shape index (κ3) is 7.40. The predicted octanol–water partition coefficient (Wildman–Crippen LogP) is -5.99. The molecule has 0 bridgehead atoms. The molecular weight excluding hydrogens is 378 g/mol. The van der Waals surface area contributed by atoms with Crippen molar-refractivity contribution in [1.29, 1.82) is 0 Å². The average Bonchev–Trinajstić information content (AvgIpc) is 2.46. The summed E-state index contributed by atoms with van der Waals surface area (Å²) in [5, 5.41) is 22.3. The van der Waals surface area contributed by atoms with E-state index in [-0.39, 0.29) is 114 Å². The summed E-state index contributed by atoms with van der Waals surface area (Å²) in [6.45, 7) is 0. The van der Waals surface area contributed by atoms with Gasteiger partial charge < -0.3 is 19.8 Å². The summed E-state index contributed by atoms with van der Waals surface area (Å²) in [6, 6.07) is 5.91. The van der Waals surface area contributed by atoms with E-state index in [2.05, 4.69) is 9.97 Å². The van der Waals surface area contributed by atoms with Gasteiger partial charge in [0, 0.05) is 23.5 Å². The molecule has 0 radical (unpaired) electrons. The fourth-order valence-electron chi connectivity index (χ4n) is 1.19. The van der Waals surface area contributed by atoms with Crippen LogP contribution in [0.4, 0.5) is 0 Å². The topological polar surface area (TPSA) is 106 Å². The zero-order valence-electron chi connectivity index (χ0n) is 11.8. The maximum Gasteiger partial charge on any atom is 1.00 e. The van der Waals surface area contributed by atoms with Crippen molar-refractivity contribution >= 4 is 33.5 Å². The molecule has 102 valence electrons. The van der Waals surface area contributed by atoms with Crippen molar-refractivity contribution in [1.82, 2.24) is 9.97 Å². The molecule has 2 aromatic rings. The molecule has 22 heavy (non-hydrogen) atoms. The van der Waals surface area contributed by atoms with E-state index in [0.717, 1.165) is 0 Å². The number of aromatic nitrogens is 2. The van der Waals surface area contributed by atoms with Gasteiger partial charge in [0.25, 0.3) is 0 Å². The first kappa shape index (κ1) is 23.2. The van der Waals surface area contributed by atoms with Crippen LogP contribution in [0.25, 0.3) is 0 Å². The number of pyridine rings is 2. The Morgan fingerprint density at radius 2 is 1.14 bits per heavy atom. The minimum Gasteiger partial charge on any atom is -0.545 e. The van der Waals surface area contributed by atoms with E-state index >= 15 is 0 Å². The summed E-state index contributed by atoms with van der Waals surface area (Å²) in [6.07, 6.45) is 2.43. The Kier molecular flexibility index (Phi) is 12.4. The van der Waals surface area contributed by atoms with Gasteiger partial charge in [0.1, 0.15) is 10.1 Å². The molecule has 0 unspecified atom stereocenters. The maximum absolute atomic E-state index is 10.6. The molecule has 0 fully saturated rings. The first-order valence-electron chi connectivity index (χ1n) is 5.25. The molecule has 6 nitrogen and oxygen atoms in total. The number of carboxylic acids is 2. The summed E-state index contributed by atoms with van der Waals surface area (Å²) in [7, 11) is 2.55. The molecule has 2 aromatic heterocycles. The standard InChI is InChI=1S/C12H8N2O4S2.2K/c15-11(16)7-1-3-9(13-5-7)19-20-10-4-2-8(6-14-10)12(17)18;;/h1-6H,(H,15,16)(H,17,18);;/q;2*+1/p-2. The first-order valence-corrected chi connectivity index (χ1v) is 7.40. The van der Waals surface area contributed by atoms with E-state index in [0.29, 0.717) is 10.1 Å². The van der Waals surface area contributed by atoms with E-state index in [1.54, 1.807) is 12.1 Å². The van der Waals surface area contributed by atoms with Crippen LogP contribution in [0.3, 0.4) is 0 Å². The van der Waals surface area contributed by atoms with E-state index < -0.39 is 11.9 Å². The minimum absolute atomic E-state index is 0. The van der Waals surface area contributed by atoms with Gasteiger partial charge in [-0.15, -0.1) is 0 Å². The van der Waals surface area contributed by atoms with Gasteiger partial charge in [-0.25, -0.2) is 9.97 Å². The summed E-state index contributed by atoms with van der Waals surface area (Å²) < 4.78 is 0. The molecule has 0 aromatic carbocycles. The van der Waals surface area contributed by atoms with E-state index in [4.69, 9.17) is 0 Å². The predicted molar refractivity (Wildman–Crippen MR) is 68.8 cm³/mol. The zero-order chi connectivity index (χ0) is 14.5. The van der Waals surface area contributed by atoms with Crippen LogP contribution >= 0.6 is 21.6 Å². The molecule has 0 atom stereocenters. The number of carbonyl (C=O) groups excluding carboxylic acids is 2. The van der Waals surface area contributed by atoms with Crippen molar-refractivity contribution in [3.05, 3.63) is 47.8 Å². The van der Waals surface area contributed by atoms with Crippen LogP contribution in [0.15, 0.2) is 46.7 Å². The summed E-state index contributed by atoms with van der Waals surface area (Å²) in [5.74, 6) is -2.55. The zero-order valence-corrected chi connectivity index (χ0v) is 19.7. The Morgan fingerprint density at radius 3 is 1.36 bits per heavy atom. The Morgan fingerprint density at radius 1 is 0.773 bits per heavy atom. The van der Waals surface area contributed by atoms with Crippen LogP contribution in [0.2, 0.25) is 0 Å². The molecular formula is C12H6K2N2O4S2. The number of hydrogen-bond acceptors (Lipinski definition) is 8. The van der Waals surface area contributed by atoms with Crippen molar-refractivity contribution in [2.75, 3.05) is 0 Å². The molecule has 2 heterocycles. The Bertz CT molecular complexity index is 581. The van der Waals surface area contributed by atoms with Crippen LogP contribution in [0.5, 0.6) is 0 Å². The van der Waals surface area contributed by atoms with Gasteiger partial charge in [-0.3, -0.25) is 0 Å². The van der Waals surface area contributed by atoms with Gasteiger partial charge in [0.2, 0.25) is 0 Å². The van der Waals surface area contributed by atoms with Crippen LogP contribution in [0, 0.1) is 0 Å². The van der Waals surface area contributed by atoms with Crippen molar-refractivity contribution in [2.24, 2.45) is 0 Å². The monoisotopic (exact) mass is 384 g/mol. The largest absolute Gasteiger partial charge is 1.00 e. The van der Waals surface area contributed by atoms with Crippen molar-refractivity contribution < 1.29 is 123 Å². The third-order valence-corrected chi connectivity index (χ3v) is 4.34. The second-order valence-corrected chi connectivity index (χ2v) is 5.68. The Balaban J connectivity index is 0.00000220. The Labute approximate surface area is 219 Å². The molecule has 10 heteroatoms. The number of nitrogens with zero attached hydrogens (tertiary/aromatic N) is 2. The molecule has 0 saturated heterocycles. The number of rotatable bonds is 5. The number of hydrogen-bond donors (Lipinski definition) is 0. The quantitative estimate of drug-likeness (QED) is 0.371. The van der Waals surface area contributed by atoms with Gasteiger partial charge in [-0.2, -0.15) is 0 Å². The third-order valence-electron chi connectivity index (χ3n) is 2.16. The SMILES string of the molecule is O=C([O-])c1ccc(SSc2ccc(C(=O)[O-])cn2)nc1.[K+].[K+]. The fourth-order valence-corrected chi connectivity index (χ4v) is 2.90. The van der Waals surface area contributed by atoms with Crippen molar-refractivity contribution in [2.45, 2.75) is 10.1 Å². The summed E-state index contributed by atoms with van der Waals surface area (Å²) in [4.78, 5) is 29.0. The van der Waals surface area contributed by atoms with Gasteiger partial charge in [0.15, 0.2) is 0 Å². The molecule has 0 saturated carbocycles. The molecule has 0 N–H and O–H groups in total. The van der Waals surface area contributed by atoms with Gasteiger partial charge in [-0.1, -0.05) is 0 Å². The molecule has 0 aliphatic heterocycles. The average molecular weight is 385 g/mol. The number of aromatic carboxylic acids is 2. The van der Waals surface area contributed by atoms with Gasteiger partial charge in [-0.05, 0) is 45.9 Å². The molecule has 0 aliphatic carbocycles. The maximum atomic E-state index is 10.6. The minimum atomic E-state index is -1.28. The Hall–Kier alpha value is 1.21. The summed E-state index contributed by atoms with van der Waals surface area (Å²) >= 11 is 0. The van der Waals surface area contributed by atoms with Crippen LogP contribution in [0.1, 0.15) is 20.7 Å². The normalized spacial score (nSPS) is 9.27. The van der Waals surface area contributed by atoms with E-state index in [9.17, 15) is 19.8 Å². The molecule has 0 aliphatic rings. The van der Waals surface area contributed by atoms with E-state index in [1.165, 1.54) is 46.1 Å². The number of carboxylic acid groups (broad SMARTS) is 2. The summed E-state index contributed by atoms with van der Waals surface area (Å²) in [5.41, 5.74) is 0.0200. The van der Waals surface area contributed by atoms with Gasteiger partial charge in [0.05, 0.1) is 11.9 Å². The van der Waals surface area contributed by atoms with Gasteiger partial charge >= 0.3 is 103 Å². The van der Waals surface area contributed by atoms with Crippen LogP contribution < -0.4 is 113 Å². The number of carbonyl (C=O) groups is 2.